The molecule has 0 aromatic heterocycles. The van der Waals surface area contributed by atoms with Crippen LogP contribution >= 0.6 is 15.9 Å². The van der Waals surface area contributed by atoms with Crippen molar-refractivity contribution in [2.24, 2.45) is 5.10 Å². The standard InChI is InChI=1S/C26H20BrN3O5/c1-34-25-14-19-7-3-2-6-18(19)13-23(25)26(31)29-28-15-20-12-21(27)9-10-24(20)35-16-17-5-4-8-22(11-17)30(32)33/h2-15H,16H2,1H3,(H,29,31)/b28-15-. The summed E-state index contributed by atoms with van der Waals surface area (Å²) in [6.07, 6.45) is 1.47. The van der Waals surface area contributed by atoms with E-state index < -0.39 is 10.8 Å². The van der Waals surface area contributed by atoms with E-state index in [1.807, 2.05) is 30.3 Å². The van der Waals surface area contributed by atoms with Gasteiger partial charge >= 0.3 is 0 Å². The van der Waals surface area contributed by atoms with Crippen molar-refractivity contribution in [3.63, 3.8) is 0 Å². The SMILES string of the molecule is COc1cc2ccccc2cc1C(=O)N/N=C\c1cc(Br)ccc1OCc1cccc([N+](=O)[O-])c1. The summed E-state index contributed by atoms with van der Waals surface area (Å²) >= 11 is 3.42. The molecule has 0 heterocycles. The van der Waals surface area contributed by atoms with Crippen LogP contribution < -0.4 is 14.9 Å². The Labute approximate surface area is 209 Å². The lowest BCUT2D eigenvalue weighted by Gasteiger charge is -2.10. The molecule has 176 valence electrons. The van der Waals surface area contributed by atoms with Crippen LogP contribution in [0, 0.1) is 10.1 Å². The van der Waals surface area contributed by atoms with Crippen LogP contribution in [0.2, 0.25) is 0 Å². The molecule has 0 saturated carbocycles. The van der Waals surface area contributed by atoms with Crippen molar-refractivity contribution in [1.29, 1.82) is 0 Å². The van der Waals surface area contributed by atoms with Crippen LogP contribution in [0.5, 0.6) is 11.5 Å². The largest absolute Gasteiger partial charge is 0.496 e. The zero-order valence-electron chi connectivity index (χ0n) is 18.6. The summed E-state index contributed by atoms with van der Waals surface area (Å²) in [6.45, 7) is 0.130. The van der Waals surface area contributed by atoms with Crippen LogP contribution in [0.4, 0.5) is 5.69 Å². The van der Waals surface area contributed by atoms with Crippen molar-refractivity contribution in [2.45, 2.75) is 6.61 Å². The summed E-state index contributed by atoms with van der Waals surface area (Å²) in [7, 11) is 1.51. The number of nitro benzene ring substituents is 1. The highest BCUT2D eigenvalue weighted by Gasteiger charge is 2.13. The molecule has 4 aromatic carbocycles. The van der Waals surface area contributed by atoms with Crippen molar-refractivity contribution in [1.82, 2.24) is 5.43 Å². The number of hydrogen-bond acceptors (Lipinski definition) is 6. The van der Waals surface area contributed by atoms with E-state index in [-0.39, 0.29) is 12.3 Å². The Balaban J connectivity index is 1.50. The van der Waals surface area contributed by atoms with E-state index in [1.165, 1.54) is 25.5 Å². The number of ether oxygens (including phenoxy) is 2. The van der Waals surface area contributed by atoms with Crippen LogP contribution in [0.3, 0.4) is 0 Å². The van der Waals surface area contributed by atoms with Gasteiger partial charge in [-0.1, -0.05) is 52.3 Å². The molecule has 1 amide bonds. The Morgan fingerprint density at radius 3 is 2.54 bits per heavy atom. The van der Waals surface area contributed by atoms with Gasteiger partial charge in [-0.3, -0.25) is 14.9 Å². The maximum absolute atomic E-state index is 12.8. The predicted octanol–water partition coefficient (Wildman–Crippen LogP) is 5.86. The predicted molar refractivity (Wildman–Crippen MR) is 137 cm³/mol. The highest BCUT2D eigenvalue weighted by atomic mass is 79.9. The molecule has 0 radical (unpaired) electrons. The highest BCUT2D eigenvalue weighted by Crippen LogP contribution is 2.26. The van der Waals surface area contributed by atoms with Crippen LogP contribution in [-0.4, -0.2) is 24.2 Å². The average Bonchev–Trinajstić information content (AvgIpc) is 2.87. The molecule has 0 unspecified atom stereocenters. The quantitative estimate of drug-likeness (QED) is 0.173. The lowest BCUT2D eigenvalue weighted by molar-refractivity contribution is -0.384. The molecule has 0 aliphatic heterocycles. The Morgan fingerprint density at radius 1 is 1.03 bits per heavy atom. The number of hydrazone groups is 1. The fourth-order valence-electron chi connectivity index (χ4n) is 3.46. The Morgan fingerprint density at radius 2 is 1.80 bits per heavy atom. The van der Waals surface area contributed by atoms with Crippen LogP contribution in [0.15, 0.2) is 88.4 Å². The topological polar surface area (TPSA) is 103 Å². The zero-order valence-corrected chi connectivity index (χ0v) is 20.2. The number of rotatable bonds is 8. The minimum absolute atomic E-state index is 0.00415. The molecule has 1 N–H and O–H groups in total. The van der Waals surface area contributed by atoms with Gasteiger partial charge in [-0.2, -0.15) is 5.10 Å². The fraction of sp³-hybridized carbons (Fsp3) is 0.0769. The third-order valence-electron chi connectivity index (χ3n) is 5.17. The third kappa shape index (κ3) is 5.82. The number of halogens is 1. The molecule has 0 bridgehead atoms. The molecule has 0 aliphatic rings. The lowest BCUT2D eigenvalue weighted by Crippen LogP contribution is -2.18. The number of benzene rings is 4. The smallest absolute Gasteiger partial charge is 0.275 e. The van der Waals surface area contributed by atoms with Gasteiger partial charge in [0.05, 0.1) is 23.8 Å². The van der Waals surface area contributed by atoms with Gasteiger partial charge in [-0.25, -0.2) is 5.43 Å². The first-order valence-corrected chi connectivity index (χ1v) is 11.3. The molecule has 9 heteroatoms. The second-order valence-corrected chi connectivity index (χ2v) is 8.41. The summed E-state index contributed by atoms with van der Waals surface area (Å²) in [6, 6.07) is 22.8. The lowest BCUT2D eigenvalue weighted by atomic mass is 10.1. The summed E-state index contributed by atoms with van der Waals surface area (Å²) < 4.78 is 12.1. The number of non-ortho nitro benzene ring substituents is 1. The molecule has 4 aromatic rings. The Bertz CT molecular complexity index is 1440. The van der Waals surface area contributed by atoms with E-state index >= 15 is 0 Å². The van der Waals surface area contributed by atoms with Crippen molar-refractivity contribution in [3.8, 4) is 11.5 Å². The summed E-state index contributed by atoms with van der Waals surface area (Å²) in [5.74, 6) is 0.527. The van der Waals surface area contributed by atoms with Gasteiger partial charge in [0.15, 0.2) is 0 Å². The molecular weight excluding hydrogens is 514 g/mol. The number of amides is 1. The highest BCUT2D eigenvalue weighted by molar-refractivity contribution is 9.10. The molecule has 0 atom stereocenters. The molecule has 0 saturated heterocycles. The van der Waals surface area contributed by atoms with Gasteiger partial charge in [-0.05, 0) is 46.7 Å². The van der Waals surface area contributed by atoms with Gasteiger partial charge < -0.3 is 9.47 Å². The zero-order chi connectivity index (χ0) is 24.8. The van der Waals surface area contributed by atoms with Crippen LogP contribution in [-0.2, 0) is 6.61 Å². The van der Waals surface area contributed by atoms with E-state index in [9.17, 15) is 14.9 Å². The Kier molecular flexibility index (Phi) is 7.37. The van der Waals surface area contributed by atoms with Crippen LogP contribution in [0.1, 0.15) is 21.5 Å². The number of fused-ring (bicyclic) bond motifs is 1. The molecule has 0 aliphatic carbocycles. The number of hydrogen-bond donors (Lipinski definition) is 1. The number of nitrogens with one attached hydrogen (secondary N) is 1. The van der Waals surface area contributed by atoms with Gasteiger partial charge in [0.2, 0.25) is 0 Å². The number of methoxy groups -OCH3 is 1. The fourth-order valence-corrected chi connectivity index (χ4v) is 3.84. The number of nitrogens with zero attached hydrogens (tertiary/aromatic N) is 2. The maximum atomic E-state index is 12.8. The molecule has 35 heavy (non-hydrogen) atoms. The molecule has 8 nitrogen and oxygen atoms in total. The van der Waals surface area contributed by atoms with E-state index in [2.05, 4.69) is 26.5 Å². The number of carbonyl (C=O) groups is 1. The molecule has 0 fully saturated rings. The summed E-state index contributed by atoms with van der Waals surface area (Å²) in [5, 5.41) is 17.0. The maximum Gasteiger partial charge on any atom is 0.275 e. The van der Waals surface area contributed by atoms with E-state index in [0.717, 1.165) is 15.2 Å². The third-order valence-corrected chi connectivity index (χ3v) is 5.66. The van der Waals surface area contributed by atoms with E-state index in [1.54, 1.807) is 36.4 Å². The molecular formula is C26H20BrN3O5. The van der Waals surface area contributed by atoms with Crippen molar-refractivity contribution in [2.75, 3.05) is 7.11 Å². The Hall–Kier alpha value is -4.24. The van der Waals surface area contributed by atoms with E-state index in [0.29, 0.717) is 28.2 Å². The number of carbonyl (C=O) groups excluding carboxylic acids is 1. The van der Waals surface area contributed by atoms with Crippen molar-refractivity contribution in [3.05, 3.63) is 110 Å². The van der Waals surface area contributed by atoms with Crippen molar-refractivity contribution >= 4 is 44.5 Å². The minimum atomic E-state index is -0.450. The van der Waals surface area contributed by atoms with Crippen LogP contribution in [0.25, 0.3) is 10.8 Å². The second kappa shape index (κ2) is 10.8. The first kappa shape index (κ1) is 23.9. The van der Waals surface area contributed by atoms with Gasteiger partial charge in [0.25, 0.3) is 11.6 Å². The normalized spacial score (nSPS) is 10.9. The number of nitro groups is 1. The molecule has 0 spiro atoms. The van der Waals surface area contributed by atoms with Gasteiger partial charge in [0.1, 0.15) is 18.1 Å². The first-order chi connectivity index (χ1) is 16.9. The average molecular weight is 534 g/mol. The monoisotopic (exact) mass is 533 g/mol. The van der Waals surface area contributed by atoms with Gasteiger partial charge in [-0.15, -0.1) is 0 Å². The first-order valence-electron chi connectivity index (χ1n) is 10.5. The summed E-state index contributed by atoms with van der Waals surface area (Å²) in [4.78, 5) is 23.4. The van der Waals surface area contributed by atoms with Gasteiger partial charge in [0, 0.05) is 22.2 Å². The second-order valence-electron chi connectivity index (χ2n) is 7.50. The summed E-state index contributed by atoms with van der Waals surface area (Å²) in [5.41, 5.74) is 4.15. The minimum Gasteiger partial charge on any atom is -0.496 e. The molecule has 4 rings (SSSR count). The van der Waals surface area contributed by atoms with Crippen molar-refractivity contribution < 1.29 is 19.2 Å². The van der Waals surface area contributed by atoms with E-state index in [4.69, 9.17) is 9.47 Å².